The molecule has 0 atom stereocenters. The Balaban J connectivity index is 2.11. The molecule has 0 amide bonds. The summed E-state index contributed by atoms with van der Waals surface area (Å²) in [6, 6.07) is 1.42. The van der Waals surface area contributed by atoms with Gasteiger partial charge in [0.2, 0.25) is 5.95 Å². The maximum atomic E-state index is 10.8. The van der Waals surface area contributed by atoms with Crippen LogP contribution in [0.2, 0.25) is 0 Å². The van der Waals surface area contributed by atoms with Crippen molar-refractivity contribution >= 4 is 11.9 Å². The van der Waals surface area contributed by atoms with Crippen LogP contribution in [0.25, 0.3) is 0 Å². The van der Waals surface area contributed by atoms with Gasteiger partial charge in [0.05, 0.1) is 0 Å². The molecular formula is C12H17N3O2. The molecule has 1 aliphatic rings. The molecule has 0 saturated heterocycles. The smallest absolute Gasteiger partial charge is 0.354 e. The van der Waals surface area contributed by atoms with Crippen LogP contribution in [-0.2, 0) is 0 Å². The topological polar surface area (TPSA) is 66.3 Å². The summed E-state index contributed by atoms with van der Waals surface area (Å²) in [7, 11) is 0. The zero-order valence-corrected chi connectivity index (χ0v) is 9.96. The van der Waals surface area contributed by atoms with Gasteiger partial charge in [-0.1, -0.05) is 6.42 Å². The Labute approximate surface area is 100 Å². The van der Waals surface area contributed by atoms with Gasteiger partial charge < -0.3 is 10.0 Å². The predicted molar refractivity (Wildman–Crippen MR) is 64.2 cm³/mol. The molecule has 1 saturated carbocycles. The van der Waals surface area contributed by atoms with E-state index < -0.39 is 5.97 Å². The van der Waals surface area contributed by atoms with E-state index in [1.807, 2.05) is 6.92 Å². The highest BCUT2D eigenvalue weighted by Gasteiger charge is 2.21. The summed E-state index contributed by atoms with van der Waals surface area (Å²) in [6.07, 6.45) is 5.33. The first-order valence-electron chi connectivity index (χ1n) is 6.02. The van der Waals surface area contributed by atoms with Crippen LogP contribution in [0.5, 0.6) is 0 Å². The molecule has 1 aliphatic carbocycles. The van der Waals surface area contributed by atoms with Crippen LogP contribution >= 0.6 is 0 Å². The van der Waals surface area contributed by atoms with Gasteiger partial charge in [-0.3, -0.25) is 0 Å². The normalized spacial score (nSPS) is 15.4. The van der Waals surface area contributed by atoms with Crippen LogP contribution in [0.3, 0.4) is 0 Å². The first-order chi connectivity index (χ1) is 8.20. The molecule has 17 heavy (non-hydrogen) atoms. The van der Waals surface area contributed by atoms with Crippen molar-refractivity contribution in [2.24, 2.45) is 5.92 Å². The third-order valence-electron chi connectivity index (χ3n) is 3.23. The zero-order valence-electron chi connectivity index (χ0n) is 9.96. The van der Waals surface area contributed by atoms with Crippen LogP contribution in [-0.4, -0.2) is 34.1 Å². The SMILES string of the molecule is CCN(CC1CCC1)c1nccc(C(=O)O)n1. The summed E-state index contributed by atoms with van der Waals surface area (Å²) in [5.74, 6) is 0.236. The van der Waals surface area contributed by atoms with Gasteiger partial charge >= 0.3 is 5.97 Å². The molecule has 1 N–H and O–H groups in total. The molecule has 92 valence electrons. The number of nitrogens with zero attached hydrogens (tertiary/aromatic N) is 3. The van der Waals surface area contributed by atoms with Crippen LogP contribution in [0.1, 0.15) is 36.7 Å². The van der Waals surface area contributed by atoms with Crippen molar-refractivity contribution in [1.82, 2.24) is 9.97 Å². The first-order valence-corrected chi connectivity index (χ1v) is 6.02. The van der Waals surface area contributed by atoms with Crippen LogP contribution < -0.4 is 4.90 Å². The molecule has 0 unspecified atom stereocenters. The quantitative estimate of drug-likeness (QED) is 0.843. The molecule has 5 heteroatoms. The highest BCUT2D eigenvalue weighted by Crippen LogP contribution is 2.27. The van der Waals surface area contributed by atoms with Crippen molar-refractivity contribution in [3.63, 3.8) is 0 Å². The summed E-state index contributed by atoms with van der Waals surface area (Å²) < 4.78 is 0. The fourth-order valence-corrected chi connectivity index (χ4v) is 1.96. The molecule has 0 bridgehead atoms. The van der Waals surface area contributed by atoms with E-state index in [1.165, 1.54) is 31.5 Å². The predicted octanol–water partition coefficient (Wildman–Crippen LogP) is 1.80. The maximum absolute atomic E-state index is 10.8. The van der Waals surface area contributed by atoms with Gasteiger partial charge in [-0.15, -0.1) is 0 Å². The van der Waals surface area contributed by atoms with Gasteiger partial charge in [0.1, 0.15) is 0 Å². The fraction of sp³-hybridized carbons (Fsp3) is 0.583. The van der Waals surface area contributed by atoms with Gasteiger partial charge in [0, 0.05) is 19.3 Å². The van der Waals surface area contributed by atoms with Crippen LogP contribution in [0, 0.1) is 5.92 Å². The lowest BCUT2D eigenvalue weighted by Gasteiger charge is -2.31. The summed E-state index contributed by atoms with van der Waals surface area (Å²) in [5.41, 5.74) is 0.0575. The fourth-order valence-electron chi connectivity index (χ4n) is 1.96. The number of aromatic carboxylic acids is 1. The molecule has 1 fully saturated rings. The highest BCUT2D eigenvalue weighted by molar-refractivity contribution is 5.85. The van der Waals surface area contributed by atoms with Gasteiger partial charge in [0.25, 0.3) is 0 Å². The number of carboxylic acids is 1. The Bertz CT molecular complexity index is 404. The molecule has 0 radical (unpaired) electrons. The molecule has 1 aromatic heterocycles. The van der Waals surface area contributed by atoms with Crippen molar-refractivity contribution in [2.45, 2.75) is 26.2 Å². The zero-order chi connectivity index (χ0) is 12.3. The number of hydrogen-bond donors (Lipinski definition) is 1. The van der Waals surface area contributed by atoms with Crippen molar-refractivity contribution < 1.29 is 9.90 Å². The number of anilines is 1. The molecule has 5 nitrogen and oxygen atoms in total. The van der Waals surface area contributed by atoms with E-state index in [1.54, 1.807) is 0 Å². The van der Waals surface area contributed by atoms with E-state index in [4.69, 9.17) is 5.11 Å². The van der Waals surface area contributed by atoms with Crippen molar-refractivity contribution in [1.29, 1.82) is 0 Å². The maximum Gasteiger partial charge on any atom is 0.354 e. The standard InChI is InChI=1S/C12H17N3O2/c1-2-15(8-9-4-3-5-9)12-13-7-6-10(14-12)11(16)17/h6-7,9H,2-5,8H2,1H3,(H,16,17). The van der Waals surface area contributed by atoms with E-state index in [-0.39, 0.29) is 5.69 Å². The first kappa shape index (κ1) is 11.8. The lowest BCUT2D eigenvalue weighted by Crippen LogP contribution is -2.33. The molecule has 0 aliphatic heterocycles. The molecule has 1 aromatic rings. The highest BCUT2D eigenvalue weighted by atomic mass is 16.4. The van der Waals surface area contributed by atoms with E-state index in [2.05, 4.69) is 14.9 Å². The minimum Gasteiger partial charge on any atom is -0.477 e. The Hall–Kier alpha value is -1.65. The number of rotatable bonds is 5. The van der Waals surface area contributed by atoms with Gasteiger partial charge in [-0.2, -0.15) is 0 Å². The van der Waals surface area contributed by atoms with E-state index in [9.17, 15) is 4.79 Å². The minimum atomic E-state index is -1.01. The number of hydrogen-bond acceptors (Lipinski definition) is 4. The number of aromatic nitrogens is 2. The average Bonchev–Trinajstić information content (AvgIpc) is 2.28. The van der Waals surface area contributed by atoms with E-state index >= 15 is 0 Å². The Morgan fingerprint density at radius 2 is 2.35 bits per heavy atom. The van der Waals surface area contributed by atoms with Crippen molar-refractivity contribution in [3.8, 4) is 0 Å². The minimum absolute atomic E-state index is 0.0575. The molecule has 1 heterocycles. The van der Waals surface area contributed by atoms with Gasteiger partial charge in [-0.05, 0) is 31.7 Å². The Kier molecular flexibility index (Phi) is 3.56. The third-order valence-corrected chi connectivity index (χ3v) is 3.23. The number of carboxylic acid groups (broad SMARTS) is 1. The Morgan fingerprint density at radius 1 is 1.59 bits per heavy atom. The van der Waals surface area contributed by atoms with E-state index in [0.717, 1.165) is 13.1 Å². The molecule has 0 spiro atoms. The lowest BCUT2D eigenvalue weighted by atomic mass is 9.85. The second-order valence-electron chi connectivity index (χ2n) is 4.38. The van der Waals surface area contributed by atoms with E-state index in [0.29, 0.717) is 11.9 Å². The molecular weight excluding hydrogens is 218 g/mol. The molecule has 0 aromatic carbocycles. The Morgan fingerprint density at radius 3 is 2.88 bits per heavy atom. The summed E-state index contributed by atoms with van der Waals surface area (Å²) >= 11 is 0. The summed E-state index contributed by atoms with van der Waals surface area (Å²) in [5, 5.41) is 8.89. The summed E-state index contributed by atoms with van der Waals surface area (Å²) in [4.78, 5) is 21.1. The second kappa shape index (κ2) is 5.12. The third kappa shape index (κ3) is 2.72. The average molecular weight is 235 g/mol. The van der Waals surface area contributed by atoms with Gasteiger partial charge in [0.15, 0.2) is 5.69 Å². The largest absolute Gasteiger partial charge is 0.477 e. The number of carbonyl (C=O) groups is 1. The molecule has 2 rings (SSSR count). The van der Waals surface area contributed by atoms with Gasteiger partial charge in [-0.25, -0.2) is 14.8 Å². The summed E-state index contributed by atoms with van der Waals surface area (Å²) in [6.45, 7) is 3.77. The van der Waals surface area contributed by atoms with Crippen molar-refractivity contribution in [2.75, 3.05) is 18.0 Å². The lowest BCUT2D eigenvalue weighted by molar-refractivity contribution is 0.0690. The second-order valence-corrected chi connectivity index (χ2v) is 4.38. The van der Waals surface area contributed by atoms with Crippen molar-refractivity contribution in [3.05, 3.63) is 18.0 Å². The van der Waals surface area contributed by atoms with Crippen LogP contribution in [0.4, 0.5) is 5.95 Å². The monoisotopic (exact) mass is 235 g/mol. The van der Waals surface area contributed by atoms with Crippen LogP contribution in [0.15, 0.2) is 12.3 Å².